The molecule has 1 aliphatic heterocycles. The van der Waals surface area contributed by atoms with Crippen LogP contribution in [0.4, 0.5) is 5.82 Å². The second-order valence-electron chi connectivity index (χ2n) is 5.15. The first kappa shape index (κ1) is 14.9. The van der Waals surface area contributed by atoms with Gasteiger partial charge in [-0.2, -0.15) is 0 Å². The SMILES string of the molecule is CC1CCCCN1CCCNc1ncc(Cl)cc1Cl. The molecular formula is C14H21Cl2N3. The zero-order valence-corrected chi connectivity index (χ0v) is 12.8. The average Bonchev–Trinajstić information content (AvgIpc) is 2.38. The molecule has 0 amide bonds. The average molecular weight is 302 g/mol. The molecule has 2 rings (SSSR count). The Labute approximate surface area is 125 Å². The molecule has 0 aliphatic carbocycles. The van der Waals surface area contributed by atoms with Gasteiger partial charge in [-0.25, -0.2) is 4.98 Å². The minimum Gasteiger partial charge on any atom is -0.369 e. The van der Waals surface area contributed by atoms with E-state index in [1.807, 2.05) is 0 Å². The van der Waals surface area contributed by atoms with Gasteiger partial charge in [0.15, 0.2) is 0 Å². The van der Waals surface area contributed by atoms with Crippen LogP contribution < -0.4 is 5.32 Å². The van der Waals surface area contributed by atoms with Gasteiger partial charge in [0.1, 0.15) is 5.82 Å². The van der Waals surface area contributed by atoms with E-state index in [2.05, 4.69) is 22.1 Å². The molecule has 1 atom stereocenters. The molecule has 1 N–H and O–H groups in total. The van der Waals surface area contributed by atoms with Crippen LogP contribution in [-0.2, 0) is 0 Å². The van der Waals surface area contributed by atoms with Crippen LogP contribution >= 0.6 is 23.2 Å². The van der Waals surface area contributed by atoms with E-state index in [1.54, 1.807) is 12.3 Å². The lowest BCUT2D eigenvalue weighted by Gasteiger charge is -2.33. The molecule has 0 bridgehead atoms. The lowest BCUT2D eigenvalue weighted by Crippen LogP contribution is -2.38. The summed E-state index contributed by atoms with van der Waals surface area (Å²) < 4.78 is 0. The number of nitrogens with zero attached hydrogens (tertiary/aromatic N) is 2. The van der Waals surface area contributed by atoms with E-state index in [4.69, 9.17) is 23.2 Å². The number of nitrogens with one attached hydrogen (secondary N) is 1. The van der Waals surface area contributed by atoms with Crippen LogP contribution in [0.15, 0.2) is 12.3 Å². The molecule has 0 spiro atoms. The topological polar surface area (TPSA) is 28.2 Å². The molecule has 106 valence electrons. The monoisotopic (exact) mass is 301 g/mol. The number of anilines is 1. The van der Waals surface area contributed by atoms with Crippen molar-refractivity contribution in [3.63, 3.8) is 0 Å². The van der Waals surface area contributed by atoms with E-state index in [1.165, 1.54) is 25.8 Å². The third-order valence-corrected chi connectivity index (χ3v) is 4.16. The minimum atomic E-state index is 0.567. The highest BCUT2D eigenvalue weighted by atomic mass is 35.5. The molecule has 19 heavy (non-hydrogen) atoms. The van der Waals surface area contributed by atoms with Crippen LogP contribution in [0.1, 0.15) is 32.6 Å². The van der Waals surface area contributed by atoms with Crippen LogP contribution in [-0.4, -0.2) is 35.6 Å². The zero-order valence-electron chi connectivity index (χ0n) is 11.3. The Morgan fingerprint density at radius 2 is 2.26 bits per heavy atom. The summed E-state index contributed by atoms with van der Waals surface area (Å²) in [5.41, 5.74) is 0. The van der Waals surface area contributed by atoms with Gasteiger partial charge in [0.25, 0.3) is 0 Å². The van der Waals surface area contributed by atoms with Crippen LogP contribution in [0, 0.1) is 0 Å². The summed E-state index contributed by atoms with van der Waals surface area (Å²) in [6.07, 6.45) is 6.76. The maximum absolute atomic E-state index is 6.06. The van der Waals surface area contributed by atoms with Crippen LogP contribution in [0.5, 0.6) is 0 Å². The zero-order chi connectivity index (χ0) is 13.7. The molecule has 5 heteroatoms. The largest absolute Gasteiger partial charge is 0.369 e. The van der Waals surface area contributed by atoms with E-state index in [-0.39, 0.29) is 0 Å². The Morgan fingerprint density at radius 3 is 3.00 bits per heavy atom. The van der Waals surface area contributed by atoms with E-state index < -0.39 is 0 Å². The quantitative estimate of drug-likeness (QED) is 0.831. The maximum atomic E-state index is 6.06. The number of pyridine rings is 1. The summed E-state index contributed by atoms with van der Waals surface area (Å²) in [7, 11) is 0. The lowest BCUT2D eigenvalue weighted by atomic mass is 10.0. The summed E-state index contributed by atoms with van der Waals surface area (Å²) in [6, 6.07) is 2.44. The summed E-state index contributed by atoms with van der Waals surface area (Å²) in [5, 5.41) is 4.42. The number of piperidine rings is 1. The van der Waals surface area contributed by atoms with E-state index in [0.29, 0.717) is 10.0 Å². The molecular weight excluding hydrogens is 281 g/mol. The number of likely N-dealkylation sites (tertiary alicyclic amines) is 1. The first-order chi connectivity index (χ1) is 9.16. The van der Waals surface area contributed by atoms with E-state index in [0.717, 1.165) is 31.4 Å². The van der Waals surface area contributed by atoms with Crippen LogP contribution in [0.2, 0.25) is 10.0 Å². The highest BCUT2D eigenvalue weighted by Gasteiger charge is 2.17. The van der Waals surface area contributed by atoms with E-state index >= 15 is 0 Å². The van der Waals surface area contributed by atoms with Crippen LogP contribution in [0.3, 0.4) is 0 Å². The van der Waals surface area contributed by atoms with Crippen molar-refractivity contribution in [2.75, 3.05) is 25.0 Å². The molecule has 3 nitrogen and oxygen atoms in total. The standard InChI is InChI=1S/C14H21Cl2N3/c1-11-5-2-3-7-19(11)8-4-6-17-14-13(16)9-12(15)10-18-14/h9-11H,2-8H2,1H3,(H,17,18). The predicted molar refractivity (Wildman–Crippen MR) is 82.2 cm³/mol. The van der Waals surface area contributed by atoms with Crippen LogP contribution in [0.25, 0.3) is 0 Å². The van der Waals surface area contributed by atoms with Gasteiger partial charge in [-0.1, -0.05) is 29.6 Å². The van der Waals surface area contributed by atoms with Gasteiger partial charge in [0.05, 0.1) is 10.0 Å². The molecule has 2 heterocycles. The van der Waals surface area contributed by atoms with Crippen molar-refractivity contribution in [1.82, 2.24) is 9.88 Å². The fourth-order valence-electron chi connectivity index (χ4n) is 2.52. The van der Waals surface area contributed by atoms with Crippen molar-refractivity contribution in [2.45, 2.75) is 38.6 Å². The first-order valence-corrected chi connectivity index (χ1v) is 7.71. The lowest BCUT2D eigenvalue weighted by molar-refractivity contribution is 0.160. The van der Waals surface area contributed by atoms with Crippen molar-refractivity contribution >= 4 is 29.0 Å². The number of halogens is 2. The number of hydrogen-bond acceptors (Lipinski definition) is 3. The number of rotatable bonds is 5. The van der Waals surface area contributed by atoms with Gasteiger partial charge in [0.2, 0.25) is 0 Å². The second kappa shape index (κ2) is 7.32. The van der Waals surface area contributed by atoms with Crippen molar-refractivity contribution in [2.24, 2.45) is 0 Å². The van der Waals surface area contributed by atoms with Gasteiger partial charge in [-0.15, -0.1) is 0 Å². The first-order valence-electron chi connectivity index (χ1n) is 6.96. The number of aromatic nitrogens is 1. The Morgan fingerprint density at radius 1 is 1.42 bits per heavy atom. The molecule has 1 aromatic rings. The highest BCUT2D eigenvalue weighted by Crippen LogP contribution is 2.22. The molecule has 1 unspecified atom stereocenters. The second-order valence-corrected chi connectivity index (χ2v) is 5.99. The summed E-state index contributed by atoms with van der Waals surface area (Å²) >= 11 is 11.9. The number of hydrogen-bond donors (Lipinski definition) is 1. The van der Waals surface area contributed by atoms with Crippen molar-refractivity contribution in [1.29, 1.82) is 0 Å². The fourth-order valence-corrected chi connectivity index (χ4v) is 2.97. The Kier molecular flexibility index (Phi) is 5.74. The molecule has 1 aliphatic rings. The van der Waals surface area contributed by atoms with Gasteiger partial charge in [0, 0.05) is 25.3 Å². The van der Waals surface area contributed by atoms with Gasteiger partial charge in [-0.3, -0.25) is 0 Å². The predicted octanol–water partition coefficient (Wildman–Crippen LogP) is 4.06. The van der Waals surface area contributed by atoms with Crippen molar-refractivity contribution < 1.29 is 0 Å². The Bertz CT molecular complexity index is 412. The molecule has 1 aromatic heterocycles. The van der Waals surface area contributed by atoms with Gasteiger partial charge in [-0.05, 0) is 38.8 Å². The smallest absolute Gasteiger partial charge is 0.144 e. The summed E-state index contributed by atoms with van der Waals surface area (Å²) in [5.74, 6) is 0.720. The Balaban J connectivity index is 1.71. The summed E-state index contributed by atoms with van der Waals surface area (Å²) in [4.78, 5) is 6.76. The third-order valence-electron chi connectivity index (χ3n) is 3.66. The third kappa shape index (κ3) is 4.51. The normalized spacial score (nSPS) is 20.5. The van der Waals surface area contributed by atoms with Gasteiger partial charge >= 0.3 is 0 Å². The van der Waals surface area contributed by atoms with Crippen molar-refractivity contribution in [3.8, 4) is 0 Å². The molecule has 0 saturated carbocycles. The van der Waals surface area contributed by atoms with Gasteiger partial charge < -0.3 is 10.2 Å². The molecule has 1 saturated heterocycles. The van der Waals surface area contributed by atoms with E-state index in [9.17, 15) is 0 Å². The highest BCUT2D eigenvalue weighted by molar-refractivity contribution is 6.35. The molecule has 1 fully saturated rings. The molecule has 0 aromatic carbocycles. The fraction of sp³-hybridized carbons (Fsp3) is 0.643. The minimum absolute atomic E-state index is 0.567. The molecule has 0 radical (unpaired) electrons. The maximum Gasteiger partial charge on any atom is 0.144 e. The van der Waals surface area contributed by atoms with Crippen molar-refractivity contribution in [3.05, 3.63) is 22.3 Å². The Hall–Kier alpha value is -0.510. The summed E-state index contributed by atoms with van der Waals surface area (Å²) in [6.45, 7) is 5.59.